The van der Waals surface area contributed by atoms with E-state index in [1.807, 2.05) is 18.7 Å². The Morgan fingerprint density at radius 2 is 2.24 bits per heavy atom. The number of nitrogens with zero attached hydrogens (tertiary/aromatic N) is 6. The van der Waals surface area contributed by atoms with Gasteiger partial charge in [0.05, 0.1) is 12.2 Å². The SMILES string of the molecule is Cc1nn(C)c(Cl)c1CN1CCCCC1Cn1cncn1. The van der Waals surface area contributed by atoms with Crippen LogP contribution >= 0.6 is 11.6 Å². The normalized spacial score (nSPS) is 20.0. The first-order chi connectivity index (χ1) is 10.1. The molecule has 1 atom stereocenters. The maximum atomic E-state index is 6.37. The Bertz CT molecular complexity index is 591. The molecule has 7 heteroatoms. The Balaban J connectivity index is 1.75. The van der Waals surface area contributed by atoms with Gasteiger partial charge in [-0.05, 0) is 26.3 Å². The highest BCUT2D eigenvalue weighted by atomic mass is 35.5. The zero-order valence-corrected chi connectivity index (χ0v) is 13.3. The van der Waals surface area contributed by atoms with E-state index in [0.29, 0.717) is 6.04 Å². The minimum absolute atomic E-state index is 0.483. The van der Waals surface area contributed by atoms with Crippen LogP contribution in [0.3, 0.4) is 0 Å². The van der Waals surface area contributed by atoms with Crippen LogP contribution in [0.1, 0.15) is 30.5 Å². The highest BCUT2D eigenvalue weighted by molar-refractivity contribution is 6.30. The fraction of sp³-hybridized carbons (Fsp3) is 0.643. The molecule has 0 aromatic carbocycles. The quantitative estimate of drug-likeness (QED) is 0.867. The summed E-state index contributed by atoms with van der Waals surface area (Å²) in [5.74, 6) is 0. The molecule has 0 N–H and O–H groups in total. The molecule has 0 aliphatic carbocycles. The average Bonchev–Trinajstić information content (AvgIpc) is 3.05. The minimum atomic E-state index is 0.483. The number of likely N-dealkylation sites (tertiary alicyclic amines) is 1. The summed E-state index contributed by atoms with van der Waals surface area (Å²) in [6.07, 6.45) is 7.08. The van der Waals surface area contributed by atoms with Crippen LogP contribution in [-0.2, 0) is 20.1 Å². The molecule has 2 aromatic heterocycles. The first-order valence-electron chi connectivity index (χ1n) is 7.39. The van der Waals surface area contributed by atoms with E-state index in [2.05, 4.69) is 20.1 Å². The van der Waals surface area contributed by atoms with E-state index in [4.69, 9.17) is 11.6 Å². The molecule has 0 amide bonds. The third-order valence-electron chi connectivity index (χ3n) is 4.24. The lowest BCUT2D eigenvalue weighted by Crippen LogP contribution is -2.41. The van der Waals surface area contributed by atoms with Crippen molar-refractivity contribution in [2.75, 3.05) is 6.54 Å². The molecule has 3 rings (SSSR count). The lowest BCUT2D eigenvalue weighted by Gasteiger charge is -2.35. The molecule has 1 saturated heterocycles. The van der Waals surface area contributed by atoms with Crippen molar-refractivity contribution in [3.05, 3.63) is 29.1 Å². The fourth-order valence-corrected chi connectivity index (χ4v) is 3.31. The van der Waals surface area contributed by atoms with Crippen LogP contribution < -0.4 is 0 Å². The van der Waals surface area contributed by atoms with Gasteiger partial charge in [0.2, 0.25) is 0 Å². The standard InChI is InChI=1S/C14H21ClN6/c1-11-13(14(15)19(2)18-11)8-20-6-4-3-5-12(20)7-21-10-16-9-17-21/h9-10,12H,3-8H2,1-2H3. The number of rotatable bonds is 4. The molecule has 1 fully saturated rings. The Labute approximate surface area is 129 Å². The Hall–Kier alpha value is -1.40. The molecule has 0 spiro atoms. The summed E-state index contributed by atoms with van der Waals surface area (Å²) in [5.41, 5.74) is 2.16. The number of piperidine rings is 1. The second-order valence-electron chi connectivity index (χ2n) is 5.72. The molecule has 2 aromatic rings. The first kappa shape index (κ1) is 14.5. The van der Waals surface area contributed by atoms with Gasteiger partial charge in [-0.3, -0.25) is 14.3 Å². The van der Waals surface area contributed by atoms with E-state index in [-0.39, 0.29) is 0 Å². The van der Waals surface area contributed by atoms with Crippen molar-refractivity contribution in [3.8, 4) is 0 Å². The zero-order valence-electron chi connectivity index (χ0n) is 12.5. The van der Waals surface area contributed by atoms with Gasteiger partial charge in [0.1, 0.15) is 17.8 Å². The van der Waals surface area contributed by atoms with Crippen LogP contribution in [0.15, 0.2) is 12.7 Å². The van der Waals surface area contributed by atoms with Crippen molar-refractivity contribution in [3.63, 3.8) is 0 Å². The molecule has 1 aliphatic rings. The molecule has 3 heterocycles. The zero-order chi connectivity index (χ0) is 14.8. The average molecular weight is 309 g/mol. The summed E-state index contributed by atoms with van der Waals surface area (Å²) in [6.45, 7) is 4.87. The molecule has 6 nitrogen and oxygen atoms in total. The van der Waals surface area contributed by atoms with Gasteiger partial charge in [0.25, 0.3) is 0 Å². The number of aromatic nitrogens is 5. The van der Waals surface area contributed by atoms with E-state index in [9.17, 15) is 0 Å². The summed E-state index contributed by atoms with van der Waals surface area (Å²) in [6, 6.07) is 0.483. The number of hydrogen-bond acceptors (Lipinski definition) is 4. The predicted octanol–water partition coefficient (Wildman–Crippen LogP) is 2.03. The van der Waals surface area contributed by atoms with Crippen molar-refractivity contribution in [2.45, 2.75) is 45.3 Å². The lowest BCUT2D eigenvalue weighted by molar-refractivity contribution is 0.121. The predicted molar refractivity (Wildman–Crippen MR) is 81.0 cm³/mol. The van der Waals surface area contributed by atoms with Crippen LogP contribution in [0.25, 0.3) is 0 Å². The monoisotopic (exact) mass is 308 g/mol. The Kier molecular flexibility index (Phi) is 4.26. The lowest BCUT2D eigenvalue weighted by atomic mass is 10.0. The summed E-state index contributed by atoms with van der Waals surface area (Å²) in [5, 5.41) is 9.38. The van der Waals surface area contributed by atoms with Crippen molar-refractivity contribution in [1.29, 1.82) is 0 Å². The largest absolute Gasteiger partial charge is 0.294 e. The van der Waals surface area contributed by atoms with Crippen LogP contribution in [0.5, 0.6) is 0 Å². The van der Waals surface area contributed by atoms with Crippen molar-refractivity contribution in [2.24, 2.45) is 7.05 Å². The van der Waals surface area contributed by atoms with Crippen molar-refractivity contribution in [1.82, 2.24) is 29.4 Å². The van der Waals surface area contributed by atoms with Gasteiger partial charge in [-0.15, -0.1) is 0 Å². The summed E-state index contributed by atoms with van der Waals surface area (Å²) in [7, 11) is 1.89. The maximum absolute atomic E-state index is 6.37. The molecule has 1 aliphatic heterocycles. The van der Waals surface area contributed by atoms with Gasteiger partial charge in [0.15, 0.2) is 0 Å². The fourth-order valence-electron chi connectivity index (χ4n) is 3.07. The highest BCUT2D eigenvalue weighted by Crippen LogP contribution is 2.25. The second-order valence-corrected chi connectivity index (χ2v) is 6.07. The topological polar surface area (TPSA) is 51.8 Å². The minimum Gasteiger partial charge on any atom is -0.294 e. The number of aryl methyl sites for hydroxylation is 2. The third kappa shape index (κ3) is 3.11. The Morgan fingerprint density at radius 3 is 2.90 bits per heavy atom. The first-order valence-corrected chi connectivity index (χ1v) is 7.77. The summed E-state index contributed by atoms with van der Waals surface area (Å²) >= 11 is 6.37. The van der Waals surface area contributed by atoms with Crippen LogP contribution in [0.2, 0.25) is 5.15 Å². The molecule has 0 bridgehead atoms. The molecular weight excluding hydrogens is 288 g/mol. The maximum Gasteiger partial charge on any atom is 0.137 e. The molecular formula is C14H21ClN6. The van der Waals surface area contributed by atoms with Crippen LogP contribution in [0.4, 0.5) is 0 Å². The highest BCUT2D eigenvalue weighted by Gasteiger charge is 2.25. The van der Waals surface area contributed by atoms with E-state index >= 15 is 0 Å². The van der Waals surface area contributed by atoms with E-state index < -0.39 is 0 Å². The van der Waals surface area contributed by atoms with Gasteiger partial charge in [-0.2, -0.15) is 10.2 Å². The molecule has 1 unspecified atom stereocenters. The third-order valence-corrected chi connectivity index (χ3v) is 4.72. The molecule has 114 valence electrons. The van der Waals surface area contributed by atoms with Crippen LogP contribution in [0, 0.1) is 6.92 Å². The van der Waals surface area contributed by atoms with E-state index in [0.717, 1.165) is 36.0 Å². The Morgan fingerprint density at radius 1 is 1.38 bits per heavy atom. The van der Waals surface area contributed by atoms with Gasteiger partial charge >= 0.3 is 0 Å². The second kappa shape index (κ2) is 6.15. The van der Waals surface area contributed by atoms with Gasteiger partial charge in [0, 0.05) is 25.2 Å². The summed E-state index contributed by atoms with van der Waals surface area (Å²) in [4.78, 5) is 6.53. The molecule has 0 radical (unpaired) electrons. The van der Waals surface area contributed by atoms with E-state index in [1.165, 1.54) is 19.3 Å². The molecule has 21 heavy (non-hydrogen) atoms. The van der Waals surface area contributed by atoms with Crippen molar-refractivity contribution >= 4 is 11.6 Å². The number of hydrogen-bond donors (Lipinski definition) is 0. The van der Waals surface area contributed by atoms with Gasteiger partial charge < -0.3 is 0 Å². The molecule has 0 saturated carbocycles. The van der Waals surface area contributed by atoms with Crippen LogP contribution in [-0.4, -0.2) is 42.0 Å². The smallest absolute Gasteiger partial charge is 0.137 e. The van der Waals surface area contributed by atoms with Gasteiger partial charge in [-0.1, -0.05) is 18.0 Å². The van der Waals surface area contributed by atoms with Crippen molar-refractivity contribution < 1.29 is 0 Å². The van der Waals surface area contributed by atoms with E-state index in [1.54, 1.807) is 17.3 Å². The summed E-state index contributed by atoms with van der Waals surface area (Å²) < 4.78 is 3.67. The van der Waals surface area contributed by atoms with Gasteiger partial charge in [-0.25, -0.2) is 4.98 Å². The number of halogens is 1.